The van der Waals surface area contributed by atoms with Crippen LogP contribution in [0, 0.1) is 13.8 Å². The quantitative estimate of drug-likeness (QED) is 0.733. The van der Waals surface area contributed by atoms with Crippen LogP contribution in [0.15, 0.2) is 24.3 Å². The molecule has 1 aliphatic rings. The third-order valence-electron chi connectivity index (χ3n) is 5.16. The summed E-state index contributed by atoms with van der Waals surface area (Å²) >= 11 is 0. The van der Waals surface area contributed by atoms with Crippen LogP contribution in [-0.2, 0) is 16.0 Å². The molecule has 7 heteroatoms. The van der Waals surface area contributed by atoms with Crippen LogP contribution in [0.25, 0.3) is 16.6 Å². The number of rotatable bonds is 5. The maximum atomic E-state index is 12.2. The van der Waals surface area contributed by atoms with Crippen molar-refractivity contribution >= 4 is 28.4 Å². The SMILES string of the molecule is Cc1nc2c3ccccc3nn2c(C)c1CCC(=O)NC1(C(=O)O)CC1. The molecule has 1 saturated carbocycles. The van der Waals surface area contributed by atoms with E-state index in [1.165, 1.54) is 0 Å². The van der Waals surface area contributed by atoms with Crippen molar-refractivity contribution in [1.82, 2.24) is 19.9 Å². The minimum absolute atomic E-state index is 0.227. The van der Waals surface area contributed by atoms with Crippen molar-refractivity contribution in [3.05, 3.63) is 41.2 Å². The summed E-state index contributed by atoms with van der Waals surface area (Å²) in [4.78, 5) is 28.1. The van der Waals surface area contributed by atoms with Crippen LogP contribution in [0.1, 0.15) is 36.2 Å². The molecule has 0 unspecified atom stereocenters. The molecule has 134 valence electrons. The van der Waals surface area contributed by atoms with Crippen molar-refractivity contribution in [2.24, 2.45) is 0 Å². The summed E-state index contributed by atoms with van der Waals surface area (Å²) in [6.45, 7) is 3.90. The zero-order valence-electron chi connectivity index (χ0n) is 14.7. The second kappa shape index (κ2) is 5.79. The molecule has 4 rings (SSSR count). The molecule has 7 nitrogen and oxygen atoms in total. The predicted octanol–water partition coefficient (Wildman–Crippen LogP) is 2.17. The number of carboxylic acids is 1. The Morgan fingerprint density at radius 3 is 2.69 bits per heavy atom. The van der Waals surface area contributed by atoms with Gasteiger partial charge in [0, 0.05) is 23.2 Å². The first-order chi connectivity index (χ1) is 12.4. The van der Waals surface area contributed by atoms with Gasteiger partial charge in [-0.25, -0.2) is 14.3 Å². The maximum Gasteiger partial charge on any atom is 0.329 e. The molecule has 1 fully saturated rings. The minimum Gasteiger partial charge on any atom is -0.480 e. The van der Waals surface area contributed by atoms with Crippen LogP contribution >= 0.6 is 0 Å². The molecule has 0 spiro atoms. The summed E-state index contributed by atoms with van der Waals surface area (Å²) in [7, 11) is 0. The first-order valence-corrected chi connectivity index (χ1v) is 8.69. The van der Waals surface area contributed by atoms with Gasteiger partial charge >= 0.3 is 5.97 Å². The molecule has 26 heavy (non-hydrogen) atoms. The highest BCUT2D eigenvalue weighted by atomic mass is 16.4. The van der Waals surface area contributed by atoms with Crippen LogP contribution in [0.3, 0.4) is 0 Å². The number of amides is 1. The van der Waals surface area contributed by atoms with E-state index in [-0.39, 0.29) is 12.3 Å². The van der Waals surface area contributed by atoms with Gasteiger partial charge in [0.2, 0.25) is 5.91 Å². The Bertz CT molecular complexity index is 1050. The molecular formula is C19H20N4O3. The molecule has 0 radical (unpaired) electrons. The van der Waals surface area contributed by atoms with Crippen molar-refractivity contribution in [2.45, 2.75) is 45.1 Å². The van der Waals surface area contributed by atoms with Gasteiger partial charge in [-0.15, -0.1) is 0 Å². The Balaban J connectivity index is 1.59. The summed E-state index contributed by atoms with van der Waals surface area (Å²) in [6, 6.07) is 7.85. The number of aliphatic carboxylic acids is 1. The van der Waals surface area contributed by atoms with Gasteiger partial charge in [0.1, 0.15) is 5.54 Å². The molecule has 1 amide bonds. The Labute approximate surface area is 150 Å². The zero-order valence-corrected chi connectivity index (χ0v) is 14.7. The fourth-order valence-corrected chi connectivity index (χ4v) is 3.42. The van der Waals surface area contributed by atoms with Crippen LogP contribution in [0.5, 0.6) is 0 Å². The zero-order chi connectivity index (χ0) is 18.5. The van der Waals surface area contributed by atoms with E-state index in [0.29, 0.717) is 19.3 Å². The number of hydrogen-bond donors (Lipinski definition) is 2. The van der Waals surface area contributed by atoms with E-state index in [9.17, 15) is 14.7 Å². The number of fused-ring (bicyclic) bond motifs is 3. The monoisotopic (exact) mass is 352 g/mol. The first-order valence-electron chi connectivity index (χ1n) is 8.69. The lowest BCUT2D eigenvalue weighted by Crippen LogP contribution is -2.43. The van der Waals surface area contributed by atoms with Crippen molar-refractivity contribution in [3.63, 3.8) is 0 Å². The van der Waals surface area contributed by atoms with Crippen molar-refractivity contribution in [3.8, 4) is 0 Å². The maximum absolute atomic E-state index is 12.2. The topological polar surface area (TPSA) is 96.6 Å². The molecule has 0 atom stereocenters. The average Bonchev–Trinajstić information content (AvgIpc) is 3.29. The molecule has 1 aliphatic carbocycles. The second-order valence-electron chi connectivity index (χ2n) is 6.95. The standard InChI is InChI=1S/C19H20N4O3/c1-11-13(7-8-16(24)21-19(9-10-19)18(25)26)12(2)23-17(20-11)14-5-3-4-6-15(14)22-23/h3-6H,7-10H2,1-2H3,(H,21,24)(H,25,26). The summed E-state index contributed by atoms with van der Waals surface area (Å²) < 4.78 is 1.82. The fourth-order valence-electron chi connectivity index (χ4n) is 3.42. The number of aryl methyl sites for hydroxylation is 2. The number of benzene rings is 1. The van der Waals surface area contributed by atoms with E-state index in [1.54, 1.807) is 0 Å². The fraction of sp³-hybridized carbons (Fsp3) is 0.368. The number of carbonyl (C=O) groups is 2. The molecule has 1 aromatic carbocycles. The van der Waals surface area contributed by atoms with Crippen LogP contribution in [-0.4, -0.2) is 37.1 Å². The number of carboxylic acid groups (broad SMARTS) is 1. The Morgan fingerprint density at radius 1 is 1.27 bits per heavy atom. The molecule has 2 heterocycles. The van der Waals surface area contributed by atoms with Crippen LogP contribution in [0.2, 0.25) is 0 Å². The second-order valence-corrected chi connectivity index (χ2v) is 6.95. The Hall–Kier alpha value is -2.96. The largest absolute Gasteiger partial charge is 0.480 e. The highest BCUT2D eigenvalue weighted by Gasteiger charge is 2.51. The summed E-state index contributed by atoms with van der Waals surface area (Å²) in [5, 5.41) is 17.4. The lowest BCUT2D eigenvalue weighted by atomic mass is 10.1. The molecule has 0 aliphatic heterocycles. The van der Waals surface area contributed by atoms with E-state index in [2.05, 4.69) is 10.4 Å². The molecule has 0 bridgehead atoms. The lowest BCUT2D eigenvalue weighted by molar-refractivity contribution is -0.143. The molecule has 3 aromatic rings. The Kier molecular flexibility index (Phi) is 3.68. The van der Waals surface area contributed by atoms with E-state index >= 15 is 0 Å². The molecule has 0 saturated heterocycles. The third-order valence-corrected chi connectivity index (χ3v) is 5.16. The number of carbonyl (C=O) groups excluding carboxylic acids is 1. The molecule has 2 aromatic heterocycles. The van der Waals surface area contributed by atoms with Gasteiger partial charge in [-0.05, 0) is 50.8 Å². The van der Waals surface area contributed by atoms with Gasteiger partial charge in [0.15, 0.2) is 5.65 Å². The number of nitrogens with one attached hydrogen (secondary N) is 1. The van der Waals surface area contributed by atoms with E-state index in [4.69, 9.17) is 4.98 Å². The highest BCUT2D eigenvalue weighted by molar-refractivity contribution is 5.92. The van der Waals surface area contributed by atoms with E-state index < -0.39 is 11.5 Å². The summed E-state index contributed by atoms with van der Waals surface area (Å²) in [5.74, 6) is -1.20. The summed E-state index contributed by atoms with van der Waals surface area (Å²) in [6.07, 6.45) is 1.72. The van der Waals surface area contributed by atoms with Crippen molar-refractivity contribution < 1.29 is 14.7 Å². The molecular weight excluding hydrogens is 332 g/mol. The smallest absolute Gasteiger partial charge is 0.329 e. The highest BCUT2D eigenvalue weighted by Crippen LogP contribution is 2.35. The Morgan fingerprint density at radius 2 is 2.00 bits per heavy atom. The lowest BCUT2D eigenvalue weighted by Gasteiger charge is -2.14. The van der Waals surface area contributed by atoms with Gasteiger partial charge < -0.3 is 10.4 Å². The minimum atomic E-state index is -1.04. The van der Waals surface area contributed by atoms with Crippen LogP contribution < -0.4 is 5.32 Å². The first kappa shape index (κ1) is 16.5. The van der Waals surface area contributed by atoms with Gasteiger partial charge in [-0.2, -0.15) is 5.10 Å². The van der Waals surface area contributed by atoms with Gasteiger partial charge in [0.05, 0.1) is 5.52 Å². The number of aromatic nitrogens is 3. The predicted molar refractivity (Wildman–Crippen MR) is 96.0 cm³/mol. The summed E-state index contributed by atoms with van der Waals surface area (Å²) in [5.41, 5.74) is 3.45. The van der Waals surface area contributed by atoms with Crippen LogP contribution in [0.4, 0.5) is 0 Å². The normalized spacial score (nSPS) is 15.3. The van der Waals surface area contributed by atoms with Gasteiger partial charge in [0.25, 0.3) is 0 Å². The van der Waals surface area contributed by atoms with E-state index in [1.807, 2.05) is 42.6 Å². The third kappa shape index (κ3) is 2.60. The van der Waals surface area contributed by atoms with Crippen molar-refractivity contribution in [2.75, 3.05) is 0 Å². The molecule has 2 N–H and O–H groups in total. The number of nitrogens with zero attached hydrogens (tertiary/aromatic N) is 3. The average molecular weight is 352 g/mol. The van der Waals surface area contributed by atoms with Gasteiger partial charge in [-0.1, -0.05) is 12.1 Å². The van der Waals surface area contributed by atoms with E-state index in [0.717, 1.165) is 33.5 Å². The van der Waals surface area contributed by atoms with Crippen molar-refractivity contribution in [1.29, 1.82) is 0 Å². The number of hydrogen-bond acceptors (Lipinski definition) is 4. The van der Waals surface area contributed by atoms with Gasteiger partial charge in [-0.3, -0.25) is 4.79 Å².